The smallest absolute Gasteiger partial charge is 0.258 e. The predicted octanol–water partition coefficient (Wildman–Crippen LogP) is 4.62. The lowest BCUT2D eigenvalue weighted by molar-refractivity contribution is 0.0977. The molecule has 0 aliphatic rings. The topological polar surface area (TPSA) is 80.5 Å². The van der Waals surface area contributed by atoms with Gasteiger partial charge >= 0.3 is 0 Å². The maximum atomic E-state index is 12.8. The number of hydrogen-bond acceptors (Lipinski definition) is 4. The number of aryl methyl sites for hydroxylation is 2. The van der Waals surface area contributed by atoms with Crippen LogP contribution in [-0.2, 0) is 13.0 Å². The zero-order chi connectivity index (χ0) is 23.1. The number of anilines is 1. The van der Waals surface area contributed by atoms with Crippen LogP contribution in [-0.4, -0.2) is 35.3 Å². The van der Waals surface area contributed by atoms with E-state index in [9.17, 15) is 4.79 Å². The fourth-order valence-electron chi connectivity index (χ4n) is 3.41. The van der Waals surface area contributed by atoms with Gasteiger partial charge < -0.3 is 10.1 Å². The summed E-state index contributed by atoms with van der Waals surface area (Å²) in [5.74, 6) is 0.813. The first kappa shape index (κ1) is 23.3. The summed E-state index contributed by atoms with van der Waals surface area (Å²) >= 11 is 6.03. The molecule has 0 radical (unpaired) electrons. The zero-order valence-electron chi connectivity index (χ0n) is 18.8. The number of guanidine groups is 1. The third-order valence-electron chi connectivity index (χ3n) is 5.13. The molecule has 32 heavy (non-hydrogen) atoms. The van der Waals surface area contributed by atoms with Crippen LogP contribution in [0.5, 0.6) is 5.75 Å². The van der Waals surface area contributed by atoms with Crippen molar-refractivity contribution in [3.05, 3.63) is 76.1 Å². The molecule has 0 aliphatic heterocycles. The van der Waals surface area contributed by atoms with E-state index in [2.05, 4.69) is 34.6 Å². The summed E-state index contributed by atoms with van der Waals surface area (Å²) in [5.41, 5.74) is 4.57. The number of carbonyl (C=O) groups excluding carboxylic acids is 1. The number of carbonyl (C=O) groups is 1. The number of methoxy groups -OCH3 is 1. The van der Waals surface area contributed by atoms with Crippen molar-refractivity contribution in [2.75, 3.05) is 19.0 Å². The number of aromatic nitrogens is 2. The lowest BCUT2D eigenvalue weighted by Gasteiger charge is -2.13. The maximum Gasteiger partial charge on any atom is 0.258 e. The quantitative estimate of drug-likeness (QED) is 0.404. The second-order valence-corrected chi connectivity index (χ2v) is 7.70. The van der Waals surface area contributed by atoms with Crippen molar-refractivity contribution in [3.8, 4) is 5.75 Å². The van der Waals surface area contributed by atoms with Gasteiger partial charge in [-0.25, -0.2) is 0 Å². The van der Waals surface area contributed by atoms with E-state index in [1.54, 1.807) is 31.4 Å². The van der Waals surface area contributed by atoms with Gasteiger partial charge in [-0.2, -0.15) is 5.10 Å². The number of ether oxygens (including phenoxy) is 1. The molecule has 0 spiro atoms. The Hall–Kier alpha value is -3.32. The number of halogens is 1. The average Bonchev–Trinajstić information content (AvgIpc) is 3.07. The highest BCUT2D eigenvalue weighted by molar-refractivity contribution is 6.31. The molecule has 0 atom stereocenters. The number of hydrogen-bond donors (Lipinski definition) is 2. The number of rotatable bonds is 7. The Balaban J connectivity index is 1.78. The van der Waals surface area contributed by atoms with Gasteiger partial charge in [0.1, 0.15) is 5.75 Å². The molecule has 1 aromatic heterocycles. The molecule has 0 bridgehead atoms. The van der Waals surface area contributed by atoms with Gasteiger partial charge in [0.15, 0.2) is 0 Å². The summed E-state index contributed by atoms with van der Waals surface area (Å²) in [6, 6.07) is 14.2. The van der Waals surface area contributed by atoms with Crippen LogP contribution in [0.3, 0.4) is 0 Å². The van der Waals surface area contributed by atoms with Gasteiger partial charge in [0.2, 0.25) is 5.96 Å². The van der Waals surface area contributed by atoms with E-state index in [-0.39, 0.29) is 5.91 Å². The van der Waals surface area contributed by atoms with Crippen molar-refractivity contribution in [2.45, 2.75) is 33.7 Å². The molecular weight excluding hydrogens is 426 g/mol. The number of benzene rings is 2. The highest BCUT2D eigenvalue weighted by atomic mass is 35.5. The molecule has 168 valence electrons. The van der Waals surface area contributed by atoms with Crippen LogP contribution < -0.4 is 15.4 Å². The summed E-state index contributed by atoms with van der Waals surface area (Å²) < 4.78 is 7.20. The largest absolute Gasteiger partial charge is 0.497 e. The highest BCUT2D eigenvalue weighted by Crippen LogP contribution is 2.16. The van der Waals surface area contributed by atoms with E-state index in [4.69, 9.17) is 16.3 Å². The first-order chi connectivity index (χ1) is 15.4. The summed E-state index contributed by atoms with van der Waals surface area (Å²) in [4.78, 5) is 17.4. The molecule has 0 saturated heterocycles. The third kappa shape index (κ3) is 5.88. The van der Waals surface area contributed by atoms with Gasteiger partial charge in [0.05, 0.1) is 12.8 Å². The van der Waals surface area contributed by atoms with Gasteiger partial charge in [-0.15, -0.1) is 0 Å². The van der Waals surface area contributed by atoms with E-state index in [1.165, 1.54) is 5.56 Å². The standard InChI is InChI=1S/C24H28ClN5O2/c1-5-30-17(3)22(16(2)29-30)13-14-26-24(27-20-9-11-21(32-4)12-10-20)28-23(31)18-7-6-8-19(25)15-18/h6-12,15H,5,13-14H2,1-4H3,(H2,26,27,28,31). The van der Waals surface area contributed by atoms with Crippen LogP contribution >= 0.6 is 11.6 Å². The highest BCUT2D eigenvalue weighted by Gasteiger charge is 2.12. The Kier molecular flexibility index (Phi) is 7.89. The van der Waals surface area contributed by atoms with E-state index in [0.29, 0.717) is 23.1 Å². The van der Waals surface area contributed by atoms with Crippen LogP contribution in [0.1, 0.15) is 34.2 Å². The summed E-state index contributed by atoms with van der Waals surface area (Å²) in [5, 5.41) is 11.1. The van der Waals surface area contributed by atoms with Crippen LogP contribution in [0.15, 0.2) is 53.5 Å². The number of nitrogens with one attached hydrogen (secondary N) is 2. The Bertz CT molecular complexity index is 1110. The molecule has 7 nitrogen and oxygen atoms in total. The third-order valence-corrected chi connectivity index (χ3v) is 5.37. The molecule has 0 aliphatic carbocycles. The van der Waals surface area contributed by atoms with Crippen molar-refractivity contribution in [1.82, 2.24) is 15.1 Å². The van der Waals surface area contributed by atoms with Crippen LogP contribution in [0.25, 0.3) is 0 Å². The molecule has 1 amide bonds. The molecule has 3 aromatic rings. The normalized spacial score (nSPS) is 11.3. The van der Waals surface area contributed by atoms with Crippen molar-refractivity contribution in [3.63, 3.8) is 0 Å². The molecule has 0 unspecified atom stereocenters. The minimum absolute atomic E-state index is 0.293. The van der Waals surface area contributed by atoms with Crippen LogP contribution in [0.4, 0.5) is 5.69 Å². The second kappa shape index (κ2) is 10.8. The summed E-state index contributed by atoms with van der Waals surface area (Å²) in [6.07, 6.45) is 0.721. The minimum Gasteiger partial charge on any atom is -0.497 e. The van der Waals surface area contributed by atoms with E-state index < -0.39 is 0 Å². The first-order valence-corrected chi connectivity index (χ1v) is 10.8. The van der Waals surface area contributed by atoms with Crippen LogP contribution in [0.2, 0.25) is 5.02 Å². The fraction of sp³-hybridized carbons (Fsp3) is 0.292. The van der Waals surface area contributed by atoms with Crippen molar-refractivity contribution < 1.29 is 9.53 Å². The Labute approximate surface area is 193 Å². The second-order valence-electron chi connectivity index (χ2n) is 7.26. The minimum atomic E-state index is -0.293. The fourth-order valence-corrected chi connectivity index (χ4v) is 3.60. The van der Waals surface area contributed by atoms with Gasteiger partial charge in [0, 0.05) is 35.1 Å². The SMILES string of the molecule is CCn1nc(C)c(CCN=C(NC(=O)c2cccc(Cl)c2)Nc2ccc(OC)cc2)c1C. The Morgan fingerprint density at radius 1 is 1.19 bits per heavy atom. The van der Waals surface area contributed by atoms with Gasteiger partial charge in [0.25, 0.3) is 5.91 Å². The first-order valence-electron chi connectivity index (χ1n) is 10.5. The Morgan fingerprint density at radius 2 is 1.94 bits per heavy atom. The molecule has 0 saturated carbocycles. The van der Waals surface area contributed by atoms with Crippen molar-refractivity contribution in [1.29, 1.82) is 0 Å². The predicted molar refractivity (Wildman–Crippen MR) is 129 cm³/mol. The molecule has 1 heterocycles. The zero-order valence-corrected chi connectivity index (χ0v) is 19.5. The molecule has 0 fully saturated rings. The summed E-state index contributed by atoms with van der Waals surface area (Å²) in [7, 11) is 1.62. The lowest BCUT2D eigenvalue weighted by Crippen LogP contribution is -2.36. The maximum absolute atomic E-state index is 12.8. The average molecular weight is 454 g/mol. The number of nitrogens with zero attached hydrogens (tertiary/aromatic N) is 3. The van der Waals surface area contributed by atoms with Crippen molar-refractivity contribution >= 4 is 29.2 Å². The monoisotopic (exact) mass is 453 g/mol. The van der Waals surface area contributed by atoms with E-state index >= 15 is 0 Å². The molecule has 2 aromatic carbocycles. The van der Waals surface area contributed by atoms with E-state index in [0.717, 1.165) is 35.8 Å². The lowest BCUT2D eigenvalue weighted by atomic mass is 10.1. The van der Waals surface area contributed by atoms with Gasteiger partial charge in [-0.1, -0.05) is 17.7 Å². The molecular formula is C24H28ClN5O2. The van der Waals surface area contributed by atoms with Gasteiger partial charge in [-0.3, -0.25) is 19.8 Å². The molecule has 2 N–H and O–H groups in total. The number of amides is 1. The summed E-state index contributed by atoms with van der Waals surface area (Å²) in [6.45, 7) is 7.47. The Morgan fingerprint density at radius 3 is 2.56 bits per heavy atom. The van der Waals surface area contributed by atoms with Crippen molar-refractivity contribution in [2.24, 2.45) is 4.99 Å². The van der Waals surface area contributed by atoms with Crippen LogP contribution in [0, 0.1) is 13.8 Å². The molecule has 3 rings (SSSR count). The molecule has 8 heteroatoms. The van der Waals surface area contributed by atoms with Gasteiger partial charge in [-0.05, 0) is 75.2 Å². The van der Waals surface area contributed by atoms with E-state index in [1.807, 2.05) is 35.9 Å². The number of aliphatic imine (C=N–C) groups is 1.